The minimum atomic E-state index is 0.277. The van der Waals surface area contributed by atoms with Crippen molar-refractivity contribution in [2.24, 2.45) is 5.92 Å². The van der Waals surface area contributed by atoms with E-state index < -0.39 is 0 Å². The van der Waals surface area contributed by atoms with Crippen LogP contribution < -0.4 is 10.1 Å². The van der Waals surface area contributed by atoms with Crippen LogP contribution >= 0.6 is 0 Å². The molecule has 2 nitrogen and oxygen atoms in total. The summed E-state index contributed by atoms with van der Waals surface area (Å²) in [5.74, 6) is 1.71. The van der Waals surface area contributed by atoms with E-state index >= 15 is 0 Å². The van der Waals surface area contributed by atoms with Crippen LogP contribution in [-0.4, -0.2) is 12.6 Å². The SMILES string of the molecule is CCC(CC)CNc1cccc(OC(C)CC)c1. The number of nitrogens with one attached hydrogen (secondary N) is 1. The molecule has 2 heteroatoms. The van der Waals surface area contributed by atoms with Crippen LogP contribution in [0.3, 0.4) is 0 Å². The lowest BCUT2D eigenvalue weighted by atomic mass is 10.0. The van der Waals surface area contributed by atoms with Gasteiger partial charge in [0.25, 0.3) is 0 Å². The summed E-state index contributed by atoms with van der Waals surface area (Å²) in [6.07, 6.45) is 3.77. The predicted octanol–water partition coefficient (Wildman–Crippen LogP) is 4.71. The highest BCUT2D eigenvalue weighted by Crippen LogP contribution is 2.20. The molecule has 18 heavy (non-hydrogen) atoms. The molecule has 0 heterocycles. The van der Waals surface area contributed by atoms with Crippen LogP contribution in [0.2, 0.25) is 0 Å². The third-order valence-corrected chi connectivity index (χ3v) is 3.50. The molecule has 0 saturated carbocycles. The molecule has 1 N–H and O–H groups in total. The van der Waals surface area contributed by atoms with Crippen molar-refractivity contribution >= 4 is 5.69 Å². The van der Waals surface area contributed by atoms with E-state index in [0.29, 0.717) is 0 Å². The maximum atomic E-state index is 5.82. The van der Waals surface area contributed by atoms with E-state index in [-0.39, 0.29) is 6.10 Å². The molecule has 0 bridgehead atoms. The molecular formula is C16H27NO. The van der Waals surface area contributed by atoms with E-state index in [0.717, 1.165) is 30.3 Å². The molecular weight excluding hydrogens is 222 g/mol. The molecule has 1 aromatic rings. The molecule has 1 rings (SSSR count). The molecule has 0 saturated heterocycles. The molecule has 1 unspecified atom stereocenters. The van der Waals surface area contributed by atoms with Crippen LogP contribution in [0.25, 0.3) is 0 Å². The van der Waals surface area contributed by atoms with Crippen LogP contribution in [0.1, 0.15) is 47.0 Å². The molecule has 0 radical (unpaired) electrons. The third-order valence-electron chi connectivity index (χ3n) is 3.50. The minimum absolute atomic E-state index is 0.277. The first kappa shape index (κ1) is 14.9. The summed E-state index contributed by atoms with van der Waals surface area (Å²) in [6.45, 7) is 9.78. The van der Waals surface area contributed by atoms with Gasteiger partial charge < -0.3 is 10.1 Å². The molecule has 0 fully saturated rings. The van der Waals surface area contributed by atoms with Crippen LogP contribution in [0.5, 0.6) is 5.75 Å². The Bertz CT molecular complexity index is 334. The largest absolute Gasteiger partial charge is 0.491 e. The smallest absolute Gasteiger partial charge is 0.121 e. The monoisotopic (exact) mass is 249 g/mol. The number of ether oxygens (including phenoxy) is 1. The van der Waals surface area contributed by atoms with Gasteiger partial charge in [0, 0.05) is 18.3 Å². The van der Waals surface area contributed by atoms with Gasteiger partial charge >= 0.3 is 0 Å². The highest BCUT2D eigenvalue weighted by atomic mass is 16.5. The Morgan fingerprint density at radius 2 is 1.83 bits per heavy atom. The van der Waals surface area contributed by atoms with Gasteiger partial charge in [-0.15, -0.1) is 0 Å². The lowest BCUT2D eigenvalue weighted by Crippen LogP contribution is -2.13. The zero-order valence-electron chi connectivity index (χ0n) is 12.2. The van der Waals surface area contributed by atoms with Gasteiger partial charge in [-0.05, 0) is 31.4 Å². The van der Waals surface area contributed by atoms with Gasteiger partial charge in [-0.25, -0.2) is 0 Å². The number of benzene rings is 1. The highest BCUT2D eigenvalue weighted by molar-refractivity contribution is 5.48. The van der Waals surface area contributed by atoms with Crippen molar-refractivity contribution in [3.8, 4) is 5.75 Å². The van der Waals surface area contributed by atoms with Gasteiger partial charge in [0.2, 0.25) is 0 Å². The summed E-state index contributed by atoms with van der Waals surface area (Å²) in [7, 11) is 0. The summed E-state index contributed by atoms with van der Waals surface area (Å²) in [5, 5.41) is 3.50. The second-order valence-electron chi connectivity index (χ2n) is 4.93. The summed E-state index contributed by atoms with van der Waals surface area (Å²) >= 11 is 0. The first-order valence-corrected chi connectivity index (χ1v) is 7.20. The fraction of sp³-hybridized carbons (Fsp3) is 0.625. The summed E-state index contributed by atoms with van der Waals surface area (Å²) in [6, 6.07) is 8.27. The van der Waals surface area contributed by atoms with Crippen LogP contribution in [0.4, 0.5) is 5.69 Å². The van der Waals surface area contributed by atoms with Crippen LogP contribution in [-0.2, 0) is 0 Å². The summed E-state index contributed by atoms with van der Waals surface area (Å²) in [4.78, 5) is 0. The van der Waals surface area contributed by atoms with Gasteiger partial charge in [0.15, 0.2) is 0 Å². The number of anilines is 1. The van der Waals surface area contributed by atoms with Gasteiger partial charge in [-0.3, -0.25) is 0 Å². The first-order valence-electron chi connectivity index (χ1n) is 7.20. The van der Waals surface area contributed by atoms with Gasteiger partial charge in [0.1, 0.15) is 5.75 Å². The quantitative estimate of drug-likeness (QED) is 0.720. The van der Waals surface area contributed by atoms with E-state index in [4.69, 9.17) is 4.74 Å². The Morgan fingerprint density at radius 3 is 2.44 bits per heavy atom. The molecule has 1 atom stereocenters. The van der Waals surface area contributed by atoms with Crippen molar-refractivity contribution in [2.45, 2.75) is 53.1 Å². The third kappa shape index (κ3) is 4.99. The normalized spacial score (nSPS) is 12.5. The van der Waals surface area contributed by atoms with Gasteiger partial charge in [0.05, 0.1) is 6.10 Å². The number of hydrogen-bond donors (Lipinski definition) is 1. The number of hydrogen-bond acceptors (Lipinski definition) is 2. The standard InChI is InChI=1S/C16H27NO/c1-5-13(4)18-16-10-8-9-15(11-16)17-12-14(6-2)7-3/h8-11,13-14,17H,5-7,12H2,1-4H3. The highest BCUT2D eigenvalue weighted by Gasteiger charge is 2.04. The molecule has 0 aromatic heterocycles. The van der Waals surface area contributed by atoms with Gasteiger partial charge in [-0.2, -0.15) is 0 Å². The maximum Gasteiger partial charge on any atom is 0.121 e. The van der Waals surface area contributed by atoms with E-state index in [1.54, 1.807) is 0 Å². The Morgan fingerprint density at radius 1 is 1.11 bits per heavy atom. The van der Waals surface area contributed by atoms with Gasteiger partial charge in [-0.1, -0.05) is 39.7 Å². The van der Waals surface area contributed by atoms with Crippen molar-refractivity contribution < 1.29 is 4.74 Å². The maximum absolute atomic E-state index is 5.82. The van der Waals surface area contributed by atoms with E-state index in [1.807, 2.05) is 12.1 Å². The zero-order valence-corrected chi connectivity index (χ0v) is 12.2. The topological polar surface area (TPSA) is 21.3 Å². The molecule has 1 aromatic carbocycles. The second kappa shape index (κ2) is 8.02. The Balaban J connectivity index is 2.53. The van der Waals surface area contributed by atoms with E-state index in [2.05, 4.69) is 45.1 Å². The molecule has 102 valence electrons. The average molecular weight is 249 g/mol. The van der Waals surface area contributed by atoms with Crippen molar-refractivity contribution in [1.29, 1.82) is 0 Å². The Labute approximate surface area is 112 Å². The molecule has 0 amide bonds. The summed E-state index contributed by atoms with van der Waals surface area (Å²) in [5.41, 5.74) is 1.16. The fourth-order valence-electron chi connectivity index (χ4n) is 1.83. The molecule has 0 spiro atoms. The Kier molecular flexibility index (Phi) is 6.63. The lowest BCUT2D eigenvalue weighted by molar-refractivity contribution is 0.217. The van der Waals surface area contributed by atoms with E-state index in [9.17, 15) is 0 Å². The van der Waals surface area contributed by atoms with Crippen molar-refractivity contribution in [1.82, 2.24) is 0 Å². The van der Waals surface area contributed by atoms with Crippen molar-refractivity contribution in [3.05, 3.63) is 24.3 Å². The number of rotatable bonds is 8. The van der Waals surface area contributed by atoms with Crippen LogP contribution in [0.15, 0.2) is 24.3 Å². The zero-order chi connectivity index (χ0) is 13.4. The first-order chi connectivity index (χ1) is 8.69. The molecule has 0 aliphatic carbocycles. The van der Waals surface area contributed by atoms with Crippen LogP contribution in [0, 0.1) is 5.92 Å². The fourth-order valence-corrected chi connectivity index (χ4v) is 1.83. The second-order valence-corrected chi connectivity index (χ2v) is 4.93. The molecule has 0 aliphatic rings. The predicted molar refractivity (Wildman–Crippen MR) is 79.4 cm³/mol. The van der Waals surface area contributed by atoms with Crippen molar-refractivity contribution in [3.63, 3.8) is 0 Å². The van der Waals surface area contributed by atoms with E-state index in [1.165, 1.54) is 12.8 Å². The Hall–Kier alpha value is -1.18. The minimum Gasteiger partial charge on any atom is -0.491 e. The molecule has 0 aliphatic heterocycles. The average Bonchev–Trinajstić information content (AvgIpc) is 2.40. The summed E-state index contributed by atoms with van der Waals surface area (Å²) < 4.78 is 5.82. The van der Waals surface area contributed by atoms with Crippen molar-refractivity contribution in [2.75, 3.05) is 11.9 Å². The lowest BCUT2D eigenvalue weighted by Gasteiger charge is -2.16.